The minimum absolute atomic E-state index is 0.723. The molecule has 7 heteroatoms. The summed E-state index contributed by atoms with van der Waals surface area (Å²) >= 11 is 0. The molecule has 5 heterocycles. The Morgan fingerprint density at radius 2 is 1.63 bits per heavy atom. The third-order valence-corrected chi connectivity index (χ3v) is 5.13. The predicted molar refractivity (Wildman–Crippen MR) is 115 cm³/mol. The number of hydrogen-bond acceptors (Lipinski definition) is 5. The van der Waals surface area contributed by atoms with Crippen LogP contribution in [0.25, 0.3) is 55.8 Å². The van der Waals surface area contributed by atoms with Crippen LogP contribution < -0.4 is 0 Å². The summed E-state index contributed by atoms with van der Waals surface area (Å²) in [4.78, 5) is 21.0. The van der Waals surface area contributed by atoms with Gasteiger partial charge in [0.2, 0.25) is 0 Å². The van der Waals surface area contributed by atoms with Gasteiger partial charge >= 0.3 is 0 Å². The molecule has 0 bridgehead atoms. The highest BCUT2D eigenvalue weighted by atomic mass is 15.1. The molecule has 0 radical (unpaired) electrons. The summed E-state index contributed by atoms with van der Waals surface area (Å²) in [7, 11) is 0. The normalized spacial score (nSPS) is 11.3. The lowest BCUT2D eigenvalue weighted by molar-refractivity contribution is 1.11. The van der Waals surface area contributed by atoms with Crippen LogP contribution in [0.1, 0.15) is 0 Å². The van der Waals surface area contributed by atoms with E-state index in [1.165, 1.54) is 0 Å². The molecule has 6 aromatic rings. The van der Waals surface area contributed by atoms with Crippen LogP contribution in [0, 0.1) is 0 Å². The fourth-order valence-corrected chi connectivity index (χ4v) is 3.72. The molecule has 0 atom stereocenters. The van der Waals surface area contributed by atoms with Gasteiger partial charge in [0.05, 0.1) is 35.0 Å². The SMILES string of the molecule is c1ccc(-c2cccc3[nH]c(-c4n[nH]c5cnc(-c6cnccn6)cc45)cc23)nc1. The van der Waals surface area contributed by atoms with Crippen molar-refractivity contribution in [2.24, 2.45) is 0 Å². The van der Waals surface area contributed by atoms with Gasteiger partial charge < -0.3 is 4.98 Å². The smallest absolute Gasteiger partial charge is 0.116 e. The Kier molecular flexibility index (Phi) is 3.64. The topological polar surface area (TPSA) is 96.0 Å². The second kappa shape index (κ2) is 6.59. The lowest BCUT2D eigenvalue weighted by Crippen LogP contribution is -1.88. The molecular formula is C23H15N7. The van der Waals surface area contributed by atoms with E-state index < -0.39 is 0 Å². The van der Waals surface area contributed by atoms with E-state index in [-0.39, 0.29) is 0 Å². The first-order valence-electron chi connectivity index (χ1n) is 9.51. The van der Waals surface area contributed by atoms with Crippen molar-refractivity contribution in [3.63, 3.8) is 0 Å². The van der Waals surface area contributed by atoms with Crippen LogP contribution in [0.2, 0.25) is 0 Å². The van der Waals surface area contributed by atoms with Crippen molar-refractivity contribution in [1.29, 1.82) is 0 Å². The van der Waals surface area contributed by atoms with Crippen LogP contribution in [-0.4, -0.2) is 35.1 Å². The van der Waals surface area contributed by atoms with Crippen LogP contribution in [0.3, 0.4) is 0 Å². The Balaban J connectivity index is 1.52. The molecule has 0 aliphatic heterocycles. The molecule has 0 aliphatic rings. The molecule has 0 saturated carbocycles. The third kappa shape index (κ3) is 2.64. The fraction of sp³-hybridized carbons (Fsp3) is 0. The average Bonchev–Trinajstić information content (AvgIpc) is 3.43. The fourth-order valence-electron chi connectivity index (χ4n) is 3.72. The van der Waals surface area contributed by atoms with Crippen LogP contribution >= 0.6 is 0 Å². The lowest BCUT2D eigenvalue weighted by Gasteiger charge is -2.01. The Bertz CT molecular complexity index is 1480. The summed E-state index contributed by atoms with van der Waals surface area (Å²) < 4.78 is 0. The number of aromatic amines is 2. The van der Waals surface area contributed by atoms with E-state index in [1.54, 1.807) is 24.8 Å². The molecule has 5 aromatic heterocycles. The van der Waals surface area contributed by atoms with Gasteiger partial charge in [-0.15, -0.1) is 0 Å². The first kappa shape index (κ1) is 16.6. The summed E-state index contributed by atoms with van der Waals surface area (Å²) in [6, 6.07) is 16.2. The number of H-pyrrole nitrogens is 2. The predicted octanol–water partition coefficient (Wildman–Crippen LogP) is 4.63. The summed E-state index contributed by atoms with van der Waals surface area (Å²) in [5.41, 5.74) is 7.15. The highest BCUT2D eigenvalue weighted by molar-refractivity contribution is 6.01. The van der Waals surface area contributed by atoms with Gasteiger partial charge in [0, 0.05) is 40.4 Å². The number of fused-ring (bicyclic) bond motifs is 2. The van der Waals surface area contributed by atoms with Gasteiger partial charge in [0.1, 0.15) is 11.4 Å². The van der Waals surface area contributed by atoms with E-state index in [9.17, 15) is 0 Å². The molecule has 0 fully saturated rings. The van der Waals surface area contributed by atoms with Crippen LogP contribution in [-0.2, 0) is 0 Å². The van der Waals surface area contributed by atoms with Gasteiger partial charge in [0.25, 0.3) is 0 Å². The van der Waals surface area contributed by atoms with Crippen molar-refractivity contribution in [2.45, 2.75) is 0 Å². The number of nitrogens with one attached hydrogen (secondary N) is 2. The van der Waals surface area contributed by atoms with Crippen molar-refractivity contribution in [2.75, 3.05) is 0 Å². The Labute approximate surface area is 170 Å². The van der Waals surface area contributed by atoms with Crippen molar-refractivity contribution < 1.29 is 0 Å². The van der Waals surface area contributed by atoms with E-state index in [0.29, 0.717) is 0 Å². The molecular weight excluding hydrogens is 374 g/mol. The summed E-state index contributed by atoms with van der Waals surface area (Å²) in [6.45, 7) is 0. The number of hydrogen-bond donors (Lipinski definition) is 2. The minimum atomic E-state index is 0.723. The number of aromatic nitrogens is 7. The number of rotatable bonds is 3. The van der Waals surface area contributed by atoms with Crippen LogP contribution in [0.4, 0.5) is 0 Å². The molecule has 7 nitrogen and oxygen atoms in total. The molecule has 0 saturated heterocycles. The van der Waals surface area contributed by atoms with E-state index in [4.69, 9.17) is 0 Å². The van der Waals surface area contributed by atoms with Gasteiger partial charge in [-0.1, -0.05) is 18.2 Å². The standard InChI is InChI=1S/C23H15N7/c1-2-7-25-17(5-1)14-4-3-6-18-15(14)10-20(28-18)23-16-11-19(22-12-24-8-9-26-22)27-13-21(16)29-30-23/h1-13,28H,(H,29,30). The Morgan fingerprint density at radius 1 is 0.667 bits per heavy atom. The monoisotopic (exact) mass is 389 g/mol. The molecule has 0 unspecified atom stereocenters. The van der Waals surface area contributed by atoms with Gasteiger partial charge in [-0.2, -0.15) is 5.10 Å². The first-order valence-corrected chi connectivity index (χ1v) is 9.51. The molecule has 30 heavy (non-hydrogen) atoms. The highest BCUT2D eigenvalue weighted by Crippen LogP contribution is 2.33. The quantitative estimate of drug-likeness (QED) is 0.460. The maximum atomic E-state index is 4.55. The maximum absolute atomic E-state index is 4.55. The zero-order valence-electron chi connectivity index (χ0n) is 15.7. The number of pyridine rings is 2. The Morgan fingerprint density at radius 3 is 2.50 bits per heavy atom. The molecule has 0 amide bonds. The number of nitrogens with zero attached hydrogens (tertiary/aromatic N) is 5. The second-order valence-corrected chi connectivity index (χ2v) is 6.94. The van der Waals surface area contributed by atoms with Crippen LogP contribution in [0.15, 0.2) is 79.5 Å². The van der Waals surface area contributed by atoms with Crippen molar-refractivity contribution >= 4 is 21.8 Å². The zero-order valence-corrected chi connectivity index (χ0v) is 15.7. The van der Waals surface area contributed by atoms with E-state index in [2.05, 4.69) is 53.3 Å². The van der Waals surface area contributed by atoms with Gasteiger partial charge in [-0.25, -0.2) is 0 Å². The van der Waals surface area contributed by atoms with E-state index in [0.717, 1.165) is 55.8 Å². The highest BCUT2D eigenvalue weighted by Gasteiger charge is 2.15. The van der Waals surface area contributed by atoms with Crippen molar-refractivity contribution in [3.8, 4) is 34.0 Å². The first-order chi connectivity index (χ1) is 14.9. The molecule has 0 aliphatic carbocycles. The summed E-state index contributed by atoms with van der Waals surface area (Å²) in [5.74, 6) is 0. The van der Waals surface area contributed by atoms with E-state index in [1.807, 2.05) is 36.5 Å². The van der Waals surface area contributed by atoms with Gasteiger partial charge in [0.15, 0.2) is 0 Å². The molecule has 142 valence electrons. The summed E-state index contributed by atoms with van der Waals surface area (Å²) in [5, 5.41) is 9.70. The molecule has 6 rings (SSSR count). The zero-order chi connectivity index (χ0) is 19.9. The average molecular weight is 389 g/mol. The van der Waals surface area contributed by atoms with E-state index >= 15 is 0 Å². The lowest BCUT2D eigenvalue weighted by atomic mass is 10.1. The third-order valence-electron chi connectivity index (χ3n) is 5.13. The molecule has 0 spiro atoms. The second-order valence-electron chi connectivity index (χ2n) is 6.94. The van der Waals surface area contributed by atoms with Crippen molar-refractivity contribution in [3.05, 3.63) is 79.5 Å². The molecule has 1 aromatic carbocycles. The number of benzene rings is 1. The summed E-state index contributed by atoms with van der Waals surface area (Å²) in [6.07, 6.45) is 8.60. The minimum Gasteiger partial charge on any atom is -0.353 e. The Hall–Kier alpha value is -4.39. The molecule has 2 N–H and O–H groups in total. The van der Waals surface area contributed by atoms with Crippen LogP contribution in [0.5, 0.6) is 0 Å². The van der Waals surface area contributed by atoms with Gasteiger partial charge in [-0.3, -0.25) is 25.0 Å². The largest absolute Gasteiger partial charge is 0.353 e. The van der Waals surface area contributed by atoms with Gasteiger partial charge in [-0.05, 0) is 30.3 Å². The maximum Gasteiger partial charge on any atom is 0.116 e. The van der Waals surface area contributed by atoms with Crippen molar-refractivity contribution in [1.82, 2.24) is 35.1 Å².